The highest BCUT2D eigenvalue weighted by atomic mass is 19.4. The van der Waals surface area contributed by atoms with Crippen LogP contribution in [0.15, 0.2) is 35.1 Å². The topological polar surface area (TPSA) is 45.8 Å². The molecular formula is C12H8F4N2O. The lowest BCUT2D eigenvalue weighted by molar-refractivity contribution is -0.141. The Hall–Kier alpha value is -2.18. The monoisotopic (exact) mass is 272 g/mol. The highest BCUT2D eigenvalue weighted by Gasteiger charge is 2.38. The van der Waals surface area contributed by atoms with Gasteiger partial charge < -0.3 is 4.98 Å². The first-order valence-corrected chi connectivity index (χ1v) is 5.28. The fraction of sp³-hybridized carbons (Fsp3) is 0.167. The minimum atomic E-state index is -5.06. The quantitative estimate of drug-likeness (QED) is 0.674. The Morgan fingerprint density at radius 3 is 2.32 bits per heavy atom. The van der Waals surface area contributed by atoms with Crippen LogP contribution in [0.5, 0.6) is 0 Å². The van der Waals surface area contributed by atoms with Gasteiger partial charge in [-0.25, -0.2) is 4.98 Å². The molecule has 0 bridgehead atoms. The van der Waals surface area contributed by atoms with Crippen molar-refractivity contribution in [2.24, 2.45) is 0 Å². The summed E-state index contributed by atoms with van der Waals surface area (Å²) in [6.07, 6.45) is -5.01. The molecule has 0 aliphatic carbocycles. The molecule has 2 rings (SSSR count). The molecule has 0 spiro atoms. The van der Waals surface area contributed by atoms with Gasteiger partial charge >= 0.3 is 6.18 Å². The van der Waals surface area contributed by atoms with E-state index >= 15 is 0 Å². The van der Waals surface area contributed by atoms with E-state index in [4.69, 9.17) is 0 Å². The number of nitrogens with one attached hydrogen (secondary N) is 1. The number of benzene rings is 1. The molecule has 0 radical (unpaired) electrons. The van der Waals surface area contributed by atoms with Gasteiger partial charge in [-0.05, 0) is 5.56 Å². The summed E-state index contributed by atoms with van der Waals surface area (Å²) in [6.45, 7) is 0. The van der Waals surface area contributed by atoms with E-state index in [0.717, 1.165) is 0 Å². The number of halogens is 4. The van der Waals surface area contributed by atoms with Crippen molar-refractivity contribution in [3.8, 4) is 0 Å². The predicted molar refractivity (Wildman–Crippen MR) is 59.1 cm³/mol. The third-order valence-corrected chi connectivity index (χ3v) is 2.42. The molecule has 1 N–H and O–H groups in total. The molecule has 0 aliphatic rings. The lowest BCUT2D eigenvalue weighted by Crippen LogP contribution is -2.26. The molecule has 1 aromatic carbocycles. The lowest BCUT2D eigenvalue weighted by atomic mass is 10.1. The van der Waals surface area contributed by atoms with Crippen LogP contribution in [0, 0.1) is 5.95 Å². The Balaban J connectivity index is 2.39. The summed E-state index contributed by atoms with van der Waals surface area (Å²) >= 11 is 0. The highest BCUT2D eigenvalue weighted by Crippen LogP contribution is 2.27. The number of H-pyrrole nitrogens is 1. The molecule has 0 aliphatic heterocycles. The molecule has 1 aromatic heterocycles. The van der Waals surface area contributed by atoms with Gasteiger partial charge in [0.05, 0.1) is 0 Å². The van der Waals surface area contributed by atoms with Crippen LogP contribution in [-0.2, 0) is 12.6 Å². The molecule has 1 heterocycles. The van der Waals surface area contributed by atoms with Crippen LogP contribution in [0.1, 0.15) is 17.0 Å². The molecule has 0 saturated carbocycles. The predicted octanol–water partition coefficient (Wildman–Crippen LogP) is 2.52. The summed E-state index contributed by atoms with van der Waals surface area (Å²) in [7, 11) is 0. The first-order valence-electron chi connectivity index (χ1n) is 5.28. The van der Waals surface area contributed by atoms with Crippen molar-refractivity contribution in [1.82, 2.24) is 9.97 Å². The summed E-state index contributed by atoms with van der Waals surface area (Å²) in [5.41, 5.74) is -2.72. The minimum absolute atomic E-state index is 0.0468. The van der Waals surface area contributed by atoms with Gasteiger partial charge in [-0.2, -0.15) is 17.6 Å². The van der Waals surface area contributed by atoms with E-state index in [2.05, 4.69) is 4.98 Å². The second-order valence-corrected chi connectivity index (χ2v) is 3.84. The van der Waals surface area contributed by atoms with Crippen molar-refractivity contribution < 1.29 is 17.6 Å². The van der Waals surface area contributed by atoms with E-state index in [0.29, 0.717) is 5.56 Å². The number of nitrogens with zero attached hydrogens (tertiary/aromatic N) is 1. The first-order chi connectivity index (χ1) is 8.88. The molecular weight excluding hydrogens is 264 g/mol. The molecule has 7 heteroatoms. The highest BCUT2D eigenvalue weighted by molar-refractivity contribution is 5.20. The van der Waals surface area contributed by atoms with Crippen LogP contribution >= 0.6 is 0 Å². The molecule has 0 saturated heterocycles. The zero-order chi connectivity index (χ0) is 14.0. The van der Waals surface area contributed by atoms with Crippen LogP contribution in [-0.4, -0.2) is 9.97 Å². The Labute approximate surface area is 104 Å². The smallest absolute Gasteiger partial charge is 0.310 e. The van der Waals surface area contributed by atoms with Crippen molar-refractivity contribution in [3.05, 3.63) is 63.6 Å². The largest absolute Gasteiger partial charge is 0.426 e. The van der Waals surface area contributed by atoms with Gasteiger partial charge in [0.15, 0.2) is 5.56 Å². The van der Waals surface area contributed by atoms with Gasteiger partial charge in [-0.15, -0.1) is 0 Å². The number of alkyl halides is 3. The fourth-order valence-corrected chi connectivity index (χ4v) is 1.61. The van der Waals surface area contributed by atoms with Gasteiger partial charge in [0, 0.05) is 6.42 Å². The summed E-state index contributed by atoms with van der Waals surface area (Å²) in [6, 6.07) is 8.57. The van der Waals surface area contributed by atoms with Crippen LogP contribution in [0.2, 0.25) is 0 Å². The molecule has 2 aromatic rings. The van der Waals surface area contributed by atoms with E-state index in [1.54, 1.807) is 30.3 Å². The van der Waals surface area contributed by atoms with Gasteiger partial charge in [0.2, 0.25) is 5.95 Å². The van der Waals surface area contributed by atoms with E-state index in [-0.39, 0.29) is 12.2 Å². The maximum atomic E-state index is 13.3. The number of hydrogen-bond acceptors (Lipinski definition) is 2. The number of hydrogen-bond donors (Lipinski definition) is 1. The maximum Gasteiger partial charge on any atom is 0.426 e. The normalized spacial score (nSPS) is 11.6. The molecule has 0 fully saturated rings. The SMILES string of the molecule is O=c1[nH]c(Cc2ccccc2)nc(F)c1C(F)(F)F. The molecule has 3 nitrogen and oxygen atoms in total. The third-order valence-electron chi connectivity index (χ3n) is 2.42. The van der Waals surface area contributed by atoms with E-state index in [1.807, 2.05) is 4.98 Å². The van der Waals surface area contributed by atoms with Crippen LogP contribution in [0.4, 0.5) is 17.6 Å². The van der Waals surface area contributed by atoms with Crippen molar-refractivity contribution in [3.63, 3.8) is 0 Å². The van der Waals surface area contributed by atoms with Gasteiger partial charge in [-0.1, -0.05) is 30.3 Å². The average molecular weight is 272 g/mol. The maximum absolute atomic E-state index is 13.3. The Bertz CT molecular complexity index is 634. The molecule has 19 heavy (non-hydrogen) atoms. The Morgan fingerprint density at radius 2 is 1.79 bits per heavy atom. The molecule has 0 unspecified atom stereocenters. The summed E-state index contributed by atoms with van der Waals surface area (Å²) < 4.78 is 50.4. The second-order valence-electron chi connectivity index (χ2n) is 3.84. The van der Waals surface area contributed by atoms with Crippen LogP contribution in [0.25, 0.3) is 0 Å². The van der Waals surface area contributed by atoms with Crippen LogP contribution in [0.3, 0.4) is 0 Å². The first kappa shape index (κ1) is 13.3. The second kappa shape index (κ2) is 4.83. The van der Waals surface area contributed by atoms with Gasteiger partial charge in [0.25, 0.3) is 5.56 Å². The zero-order valence-electron chi connectivity index (χ0n) is 9.46. The number of aromatic amines is 1. The molecule has 100 valence electrons. The Morgan fingerprint density at radius 1 is 1.16 bits per heavy atom. The Kier molecular flexibility index (Phi) is 3.37. The summed E-state index contributed by atoms with van der Waals surface area (Å²) in [5, 5.41) is 0. The molecule has 0 atom stereocenters. The minimum Gasteiger partial charge on any atom is -0.310 e. The van der Waals surface area contributed by atoms with Crippen molar-refractivity contribution in [2.45, 2.75) is 12.6 Å². The van der Waals surface area contributed by atoms with E-state index in [1.165, 1.54) is 0 Å². The third kappa shape index (κ3) is 2.98. The van der Waals surface area contributed by atoms with Crippen molar-refractivity contribution in [2.75, 3.05) is 0 Å². The fourth-order valence-electron chi connectivity index (χ4n) is 1.61. The van der Waals surface area contributed by atoms with Crippen LogP contribution < -0.4 is 5.56 Å². The zero-order valence-corrected chi connectivity index (χ0v) is 9.46. The number of rotatable bonds is 2. The van der Waals surface area contributed by atoms with Crippen molar-refractivity contribution in [1.29, 1.82) is 0 Å². The average Bonchev–Trinajstić information content (AvgIpc) is 2.27. The standard InChI is InChI=1S/C12H8F4N2O/c13-10-9(12(14,15)16)11(19)18-8(17-10)6-7-4-2-1-3-5-7/h1-5H,6H2,(H,17,18,19). The van der Waals surface area contributed by atoms with Crippen molar-refractivity contribution >= 4 is 0 Å². The van der Waals surface area contributed by atoms with Gasteiger partial charge in [0.1, 0.15) is 5.82 Å². The molecule has 0 amide bonds. The summed E-state index contributed by atoms with van der Waals surface area (Å²) in [4.78, 5) is 16.3. The summed E-state index contributed by atoms with van der Waals surface area (Å²) in [5.74, 6) is -1.95. The van der Waals surface area contributed by atoms with E-state index in [9.17, 15) is 22.4 Å². The van der Waals surface area contributed by atoms with E-state index < -0.39 is 23.2 Å². The van der Waals surface area contributed by atoms with Gasteiger partial charge in [-0.3, -0.25) is 4.79 Å². The number of aromatic nitrogens is 2. The lowest BCUT2D eigenvalue weighted by Gasteiger charge is -2.07.